The van der Waals surface area contributed by atoms with E-state index >= 15 is 0 Å². The maximum Gasteiger partial charge on any atom is 0.119 e. The summed E-state index contributed by atoms with van der Waals surface area (Å²) in [5, 5.41) is 3.35. The average Bonchev–Trinajstić information content (AvgIpc) is 2.36. The van der Waals surface area contributed by atoms with Crippen LogP contribution in [0.1, 0.15) is 26.7 Å². The predicted molar refractivity (Wildman–Crippen MR) is 70.9 cm³/mol. The van der Waals surface area contributed by atoms with E-state index in [2.05, 4.69) is 12.2 Å². The van der Waals surface area contributed by atoms with Gasteiger partial charge in [0.25, 0.3) is 0 Å². The Morgan fingerprint density at radius 1 is 0.941 bits per heavy atom. The van der Waals surface area contributed by atoms with E-state index in [1.54, 1.807) is 0 Å². The third-order valence-electron chi connectivity index (χ3n) is 2.33. The Morgan fingerprint density at radius 3 is 2.18 bits per heavy atom. The zero-order chi connectivity index (χ0) is 12.3. The van der Waals surface area contributed by atoms with Gasteiger partial charge in [-0.25, -0.2) is 0 Å². The molecule has 0 radical (unpaired) electrons. The highest BCUT2D eigenvalue weighted by atomic mass is 16.5. The van der Waals surface area contributed by atoms with E-state index in [1.165, 1.54) is 6.42 Å². The van der Waals surface area contributed by atoms with Gasteiger partial charge in [0.05, 0.1) is 13.2 Å². The fourth-order valence-electron chi connectivity index (χ4n) is 1.49. The molecule has 0 amide bonds. The molecule has 0 atom stereocenters. The van der Waals surface area contributed by atoms with Crippen LogP contribution in [0, 0.1) is 0 Å². The van der Waals surface area contributed by atoms with Crippen LogP contribution in [-0.4, -0.2) is 26.3 Å². The SMILES string of the molecule is CCCNCCCOc1ccc(OCC)cc1. The molecule has 0 spiro atoms. The lowest BCUT2D eigenvalue weighted by Crippen LogP contribution is -2.17. The number of benzene rings is 1. The Balaban J connectivity index is 2.14. The standard InChI is InChI=1S/C14H23NO2/c1-3-10-15-11-5-12-17-14-8-6-13(7-9-14)16-4-2/h6-9,15H,3-5,10-12H2,1-2H3. The summed E-state index contributed by atoms with van der Waals surface area (Å²) < 4.78 is 11.0. The molecular formula is C14H23NO2. The minimum absolute atomic E-state index is 0.698. The lowest BCUT2D eigenvalue weighted by atomic mass is 10.3. The van der Waals surface area contributed by atoms with Crippen LogP contribution in [-0.2, 0) is 0 Å². The van der Waals surface area contributed by atoms with E-state index in [4.69, 9.17) is 9.47 Å². The van der Waals surface area contributed by atoms with E-state index < -0.39 is 0 Å². The van der Waals surface area contributed by atoms with Crippen molar-refractivity contribution in [3.8, 4) is 11.5 Å². The third kappa shape index (κ3) is 6.17. The molecule has 3 heteroatoms. The van der Waals surface area contributed by atoms with Crippen molar-refractivity contribution in [2.75, 3.05) is 26.3 Å². The molecule has 3 nitrogen and oxygen atoms in total. The summed E-state index contributed by atoms with van der Waals surface area (Å²) in [6.07, 6.45) is 2.22. The molecule has 0 unspecified atom stereocenters. The van der Waals surface area contributed by atoms with Crippen LogP contribution in [0.2, 0.25) is 0 Å². The van der Waals surface area contributed by atoms with Crippen LogP contribution < -0.4 is 14.8 Å². The molecule has 0 fully saturated rings. The molecule has 0 saturated carbocycles. The molecule has 1 aromatic rings. The molecule has 0 saturated heterocycles. The van der Waals surface area contributed by atoms with Gasteiger partial charge >= 0.3 is 0 Å². The maximum absolute atomic E-state index is 5.62. The molecule has 0 heterocycles. The molecule has 96 valence electrons. The van der Waals surface area contributed by atoms with Gasteiger partial charge in [-0.15, -0.1) is 0 Å². The first-order chi connectivity index (χ1) is 8.36. The quantitative estimate of drug-likeness (QED) is 0.670. The topological polar surface area (TPSA) is 30.5 Å². The van der Waals surface area contributed by atoms with Gasteiger partial charge < -0.3 is 14.8 Å². The van der Waals surface area contributed by atoms with Crippen LogP contribution in [0.5, 0.6) is 11.5 Å². The fraction of sp³-hybridized carbons (Fsp3) is 0.571. The molecule has 0 aliphatic heterocycles. The molecule has 17 heavy (non-hydrogen) atoms. The second-order valence-electron chi connectivity index (χ2n) is 3.86. The van der Waals surface area contributed by atoms with Gasteiger partial charge in [-0.1, -0.05) is 6.92 Å². The maximum atomic E-state index is 5.62. The number of nitrogens with one attached hydrogen (secondary N) is 1. The highest BCUT2D eigenvalue weighted by molar-refractivity contribution is 5.31. The zero-order valence-electron chi connectivity index (χ0n) is 10.9. The molecular weight excluding hydrogens is 214 g/mol. The number of ether oxygens (including phenoxy) is 2. The van der Waals surface area contributed by atoms with Crippen LogP contribution >= 0.6 is 0 Å². The van der Waals surface area contributed by atoms with Crippen molar-refractivity contribution in [2.45, 2.75) is 26.7 Å². The number of hydrogen-bond donors (Lipinski definition) is 1. The molecule has 1 N–H and O–H groups in total. The van der Waals surface area contributed by atoms with E-state index in [0.717, 1.165) is 37.6 Å². The van der Waals surface area contributed by atoms with Crippen molar-refractivity contribution in [1.29, 1.82) is 0 Å². The van der Waals surface area contributed by atoms with Gasteiger partial charge in [0, 0.05) is 0 Å². The lowest BCUT2D eigenvalue weighted by Gasteiger charge is -2.08. The first-order valence-electron chi connectivity index (χ1n) is 6.43. The molecule has 0 aliphatic carbocycles. The highest BCUT2D eigenvalue weighted by Gasteiger charge is 1.95. The first kappa shape index (κ1) is 13.8. The van der Waals surface area contributed by atoms with E-state index in [0.29, 0.717) is 6.61 Å². The van der Waals surface area contributed by atoms with Crippen LogP contribution in [0.4, 0.5) is 0 Å². The first-order valence-corrected chi connectivity index (χ1v) is 6.43. The molecule has 0 aliphatic rings. The molecule has 0 bridgehead atoms. The van der Waals surface area contributed by atoms with Crippen molar-refractivity contribution in [2.24, 2.45) is 0 Å². The third-order valence-corrected chi connectivity index (χ3v) is 2.33. The summed E-state index contributed by atoms with van der Waals surface area (Å²) in [5.41, 5.74) is 0. The van der Waals surface area contributed by atoms with Crippen molar-refractivity contribution in [3.63, 3.8) is 0 Å². The molecule has 0 aromatic heterocycles. The minimum atomic E-state index is 0.698. The fourth-order valence-corrected chi connectivity index (χ4v) is 1.49. The smallest absolute Gasteiger partial charge is 0.119 e. The summed E-state index contributed by atoms with van der Waals surface area (Å²) >= 11 is 0. The van der Waals surface area contributed by atoms with Gasteiger partial charge in [-0.3, -0.25) is 0 Å². The monoisotopic (exact) mass is 237 g/mol. The number of rotatable bonds is 9. The second kappa shape index (κ2) is 8.88. The summed E-state index contributed by atoms with van der Waals surface area (Å²) in [6.45, 7) is 7.71. The Kier molecular flexibility index (Phi) is 7.23. The van der Waals surface area contributed by atoms with Crippen molar-refractivity contribution in [1.82, 2.24) is 5.32 Å². The zero-order valence-corrected chi connectivity index (χ0v) is 10.9. The Morgan fingerprint density at radius 2 is 1.59 bits per heavy atom. The normalized spacial score (nSPS) is 10.2. The van der Waals surface area contributed by atoms with E-state index in [9.17, 15) is 0 Å². The van der Waals surface area contributed by atoms with Gasteiger partial charge in [0.1, 0.15) is 11.5 Å². The Labute approximate surface area is 104 Å². The van der Waals surface area contributed by atoms with E-state index in [-0.39, 0.29) is 0 Å². The Hall–Kier alpha value is -1.22. The number of hydrogen-bond acceptors (Lipinski definition) is 3. The minimum Gasteiger partial charge on any atom is -0.494 e. The van der Waals surface area contributed by atoms with Crippen molar-refractivity contribution in [3.05, 3.63) is 24.3 Å². The summed E-state index contributed by atoms with van der Waals surface area (Å²) in [5.74, 6) is 1.80. The van der Waals surface area contributed by atoms with Crippen molar-refractivity contribution < 1.29 is 9.47 Å². The van der Waals surface area contributed by atoms with Gasteiger partial charge in [0.2, 0.25) is 0 Å². The van der Waals surface area contributed by atoms with Gasteiger partial charge in [0.15, 0.2) is 0 Å². The Bertz CT molecular complexity index is 285. The largest absolute Gasteiger partial charge is 0.494 e. The summed E-state index contributed by atoms with van der Waals surface area (Å²) in [6, 6.07) is 7.78. The summed E-state index contributed by atoms with van der Waals surface area (Å²) in [7, 11) is 0. The van der Waals surface area contributed by atoms with Crippen LogP contribution in [0.3, 0.4) is 0 Å². The van der Waals surface area contributed by atoms with Gasteiger partial charge in [-0.2, -0.15) is 0 Å². The van der Waals surface area contributed by atoms with Crippen molar-refractivity contribution >= 4 is 0 Å². The predicted octanol–water partition coefficient (Wildman–Crippen LogP) is 2.85. The average molecular weight is 237 g/mol. The summed E-state index contributed by atoms with van der Waals surface area (Å²) in [4.78, 5) is 0. The van der Waals surface area contributed by atoms with Crippen LogP contribution in [0.15, 0.2) is 24.3 Å². The molecule has 1 rings (SSSR count). The van der Waals surface area contributed by atoms with Gasteiger partial charge in [-0.05, 0) is 57.1 Å². The van der Waals surface area contributed by atoms with E-state index in [1.807, 2.05) is 31.2 Å². The lowest BCUT2D eigenvalue weighted by molar-refractivity contribution is 0.306. The molecule has 1 aromatic carbocycles. The second-order valence-corrected chi connectivity index (χ2v) is 3.86. The highest BCUT2D eigenvalue weighted by Crippen LogP contribution is 2.17. The van der Waals surface area contributed by atoms with Crippen LogP contribution in [0.25, 0.3) is 0 Å².